The largest absolute Gasteiger partial charge is 0.298 e. The standard InChI is InChI=1S/C15H20N2O/c1-5-17-13(11(2)3)16-15(4,14(17)18)12-9-7-6-8-10-12/h6-11H,5H2,1-4H3. The van der Waals surface area contributed by atoms with Crippen molar-refractivity contribution in [1.29, 1.82) is 0 Å². The van der Waals surface area contributed by atoms with Gasteiger partial charge in [-0.15, -0.1) is 0 Å². The van der Waals surface area contributed by atoms with E-state index < -0.39 is 5.54 Å². The second kappa shape index (κ2) is 4.56. The Bertz CT molecular complexity index is 479. The molecule has 0 spiro atoms. The molecule has 1 heterocycles. The summed E-state index contributed by atoms with van der Waals surface area (Å²) in [4.78, 5) is 19.1. The zero-order chi connectivity index (χ0) is 13.3. The van der Waals surface area contributed by atoms with Crippen LogP contribution in [-0.4, -0.2) is 23.2 Å². The number of benzene rings is 1. The first kappa shape index (κ1) is 12.8. The van der Waals surface area contributed by atoms with Crippen molar-refractivity contribution in [3.8, 4) is 0 Å². The second-order valence-electron chi connectivity index (χ2n) is 5.11. The summed E-state index contributed by atoms with van der Waals surface area (Å²) in [6, 6.07) is 9.80. The molecule has 1 aromatic carbocycles. The van der Waals surface area contributed by atoms with E-state index in [-0.39, 0.29) is 11.8 Å². The maximum absolute atomic E-state index is 12.6. The van der Waals surface area contributed by atoms with Gasteiger partial charge in [0.2, 0.25) is 0 Å². The van der Waals surface area contributed by atoms with Gasteiger partial charge in [0, 0.05) is 12.5 Å². The van der Waals surface area contributed by atoms with Gasteiger partial charge in [0.05, 0.1) is 0 Å². The Kier molecular flexibility index (Phi) is 3.24. The molecule has 1 aliphatic rings. The maximum Gasteiger partial charge on any atom is 0.260 e. The quantitative estimate of drug-likeness (QED) is 0.804. The van der Waals surface area contributed by atoms with Gasteiger partial charge in [0.15, 0.2) is 5.54 Å². The predicted molar refractivity (Wildman–Crippen MR) is 73.5 cm³/mol. The van der Waals surface area contributed by atoms with Gasteiger partial charge >= 0.3 is 0 Å². The van der Waals surface area contributed by atoms with Crippen molar-refractivity contribution in [3.05, 3.63) is 35.9 Å². The van der Waals surface area contributed by atoms with Gasteiger partial charge in [-0.3, -0.25) is 14.7 Å². The molecule has 0 bridgehead atoms. The van der Waals surface area contributed by atoms with Gasteiger partial charge in [-0.25, -0.2) is 0 Å². The Hall–Kier alpha value is -1.64. The zero-order valence-electron chi connectivity index (χ0n) is 11.5. The number of amides is 1. The van der Waals surface area contributed by atoms with Crippen LogP contribution in [0.1, 0.15) is 33.3 Å². The molecule has 96 valence electrons. The number of likely N-dealkylation sites (N-methyl/N-ethyl adjacent to an activating group) is 1. The van der Waals surface area contributed by atoms with Crippen molar-refractivity contribution < 1.29 is 4.79 Å². The van der Waals surface area contributed by atoms with Gasteiger partial charge in [-0.05, 0) is 19.4 Å². The van der Waals surface area contributed by atoms with Crippen LogP contribution in [0.25, 0.3) is 0 Å². The number of carbonyl (C=O) groups excluding carboxylic acids is 1. The first-order valence-corrected chi connectivity index (χ1v) is 6.48. The minimum Gasteiger partial charge on any atom is -0.298 e. The molecular weight excluding hydrogens is 224 g/mol. The smallest absolute Gasteiger partial charge is 0.260 e. The van der Waals surface area contributed by atoms with E-state index in [0.717, 1.165) is 11.4 Å². The summed E-state index contributed by atoms with van der Waals surface area (Å²) >= 11 is 0. The van der Waals surface area contributed by atoms with E-state index in [0.29, 0.717) is 6.54 Å². The van der Waals surface area contributed by atoms with Crippen LogP contribution < -0.4 is 0 Å². The summed E-state index contributed by atoms with van der Waals surface area (Å²) in [6.07, 6.45) is 0. The summed E-state index contributed by atoms with van der Waals surface area (Å²) < 4.78 is 0. The topological polar surface area (TPSA) is 32.7 Å². The van der Waals surface area contributed by atoms with Crippen molar-refractivity contribution >= 4 is 11.7 Å². The fourth-order valence-electron chi connectivity index (χ4n) is 2.40. The first-order chi connectivity index (χ1) is 8.50. The molecule has 18 heavy (non-hydrogen) atoms. The van der Waals surface area contributed by atoms with Crippen LogP contribution in [0.15, 0.2) is 35.3 Å². The van der Waals surface area contributed by atoms with Crippen molar-refractivity contribution in [2.24, 2.45) is 10.9 Å². The minimum atomic E-state index is -0.753. The SMILES string of the molecule is CCN1C(=O)C(C)(c2ccccc2)N=C1C(C)C. The highest BCUT2D eigenvalue weighted by Gasteiger charge is 2.45. The Morgan fingerprint density at radius 2 is 1.89 bits per heavy atom. The highest BCUT2D eigenvalue weighted by Crippen LogP contribution is 2.34. The minimum absolute atomic E-state index is 0.0832. The fourth-order valence-corrected chi connectivity index (χ4v) is 2.40. The van der Waals surface area contributed by atoms with Crippen molar-refractivity contribution in [3.63, 3.8) is 0 Å². The maximum atomic E-state index is 12.6. The molecule has 0 N–H and O–H groups in total. The molecule has 0 aliphatic carbocycles. The Morgan fingerprint density at radius 3 is 2.33 bits per heavy atom. The summed E-state index contributed by atoms with van der Waals surface area (Å²) in [7, 11) is 0. The molecule has 1 aliphatic heterocycles. The Balaban J connectivity index is 2.49. The first-order valence-electron chi connectivity index (χ1n) is 6.48. The number of rotatable bonds is 3. The van der Waals surface area contributed by atoms with Crippen LogP contribution in [0.3, 0.4) is 0 Å². The Morgan fingerprint density at radius 1 is 1.28 bits per heavy atom. The molecule has 0 aromatic heterocycles. The number of hydrogen-bond donors (Lipinski definition) is 0. The van der Waals surface area contributed by atoms with Gasteiger partial charge in [-0.2, -0.15) is 0 Å². The lowest BCUT2D eigenvalue weighted by atomic mass is 9.92. The Labute approximate surface area is 109 Å². The highest BCUT2D eigenvalue weighted by molar-refractivity contribution is 6.08. The molecule has 0 radical (unpaired) electrons. The number of nitrogens with zero attached hydrogens (tertiary/aromatic N) is 2. The van der Waals surface area contributed by atoms with Crippen LogP contribution in [0.2, 0.25) is 0 Å². The average molecular weight is 244 g/mol. The predicted octanol–water partition coefficient (Wildman–Crippen LogP) is 2.82. The summed E-state index contributed by atoms with van der Waals surface area (Å²) in [6.45, 7) is 8.73. The third-order valence-corrected chi connectivity index (χ3v) is 3.44. The third kappa shape index (κ3) is 1.84. The number of aliphatic imine (C=N–C) groups is 1. The molecule has 1 amide bonds. The van der Waals surface area contributed by atoms with Crippen LogP contribution in [0, 0.1) is 5.92 Å². The van der Waals surface area contributed by atoms with E-state index in [9.17, 15) is 4.79 Å². The van der Waals surface area contributed by atoms with E-state index in [2.05, 4.69) is 13.8 Å². The molecule has 1 aromatic rings. The van der Waals surface area contributed by atoms with E-state index in [1.807, 2.05) is 44.2 Å². The molecule has 1 atom stereocenters. The molecule has 3 nitrogen and oxygen atoms in total. The number of carbonyl (C=O) groups is 1. The van der Waals surface area contributed by atoms with Crippen LogP contribution >= 0.6 is 0 Å². The third-order valence-electron chi connectivity index (χ3n) is 3.44. The monoisotopic (exact) mass is 244 g/mol. The van der Waals surface area contributed by atoms with Crippen LogP contribution in [-0.2, 0) is 10.3 Å². The molecule has 0 saturated carbocycles. The molecule has 2 rings (SSSR count). The van der Waals surface area contributed by atoms with E-state index in [1.54, 1.807) is 4.90 Å². The highest BCUT2D eigenvalue weighted by atomic mass is 16.2. The second-order valence-corrected chi connectivity index (χ2v) is 5.11. The van der Waals surface area contributed by atoms with Gasteiger partial charge < -0.3 is 0 Å². The van der Waals surface area contributed by atoms with Gasteiger partial charge in [0.25, 0.3) is 5.91 Å². The molecular formula is C15H20N2O. The zero-order valence-corrected chi connectivity index (χ0v) is 11.5. The molecule has 0 fully saturated rings. The summed E-state index contributed by atoms with van der Waals surface area (Å²) in [5.41, 5.74) is 0.209. The van der Waals surface area contributed by atoms with Crippen LogP contribution in [0.5, 0.6) is 0 Å². The van der Waals surface area contributed by atoms with Gasteiger partial charge in [0.1, 0.15) is 5.84 Å². The van der Waals surface area contributed by atoms with E-state index in [4.69, 9.17) is 4.99 Å². The molecule has 0 saturated heterocycles. The fraction of sp³-hybridized carbons (Fsp3) is 0.467. The van der Waals surface area contributed by atoms with E-state index >= 15 is 0 Å². The summed E-state index contributed by atoms with van der Waals surface area (Å²) in [5, 5.41) is 0. The van der Waals surface area contributed by atoms with Crippen molar-refractivity contribution in [2.75, 3.05) is 6.54 Å². The lowest BCUT2D eigenvalue weighted by Crippen LogP contribution is -2.40. The van der Waals surface area contributed by atoms with Crippen molar-refractivity contribution in [2.45, 2.75) is 33.2 Å². The molecule has 3 heteroatoms. The lowest BCUT2D eigenvalue weighted by Gasteiger charge is -2.22. The van der Waals surface area contributed by atoms with E-state index in [1.165, 1.54) is 0 Å². The normalized spacial score (nSPS) is 23.7. The molecule has 1 unspecified atom stereocenters. The van der Waals surface area contributed by atoms with Crippen molar-refractivity contribution in [1.82, 2.24) is 4.90 Å². The average Bonchev–Trinajstić information content (AvgIpc) is 2.64. The number of amidine groups is 1. The van der Waals surface area contributed by atoms with Crippen LogP contribution in [0.4, 0.5) is 0 Å². The lowest BCUT2D eigenvalue weighted by molar-refractivity contribution is -0.130. The summed E-state index contributed by atoms with van der Waals surface area (Å²) in [5.74, 6) is 1.24. The van der Waals surface area contributed by atoms with Gasteiger partial charge in [-0.1, -0.05) is 44.2 Å². The number of hydrogen-bond acceptors (Lipinski definition) is 2.